The van der Waals surface area contributed by atoms with Gasteiger partial charge in [-0.1, -0.05) is 41.6 Å². The number of aryl methyl sites for hydroxylation is 3. The molecule has 0 aliphatic carbocycles. The van der Waals surface area contributed by atoms with Crippen molar-refractivity contribution in [2.24, 2.45) is 0 Å². The lowest BCUT2D eigenvalue weighted by atomic mass is 10.1. The molecule has 0 aliphatic heterocycles. The molecule has 1 amide bonds. The van der Waals surface area contributed by atoms with E-state index in [4.69, 9.17) is 14.0 Å². The van der Waals surface area contributed by atoms with Crippen molar-refractivity contribution in [3.63, 3.8) is 0 Å². The molecule has 31 heavy (non-hydrogen) atoms. The Morgan fingerprint density at radius 2 is 1.84 bits per heavy atom. The molecule has 7 nitrogen and oxygen atoms in total. The predicted octanol–water partition coefficient (Wildman–Crippen LogP) is 4.46. The lowest BCUT2D eigenvalue weighted by Gasteiger charge is -2.19. The number of nitrogens with one attached hydrogen (secondary N) is 1. The topological polar surface area (TPSA) is 90.7 Å². The Balaban J connectivity index is 1.76. The van der Waals surface area contributed by atoms with Crippen molar-refractivity contribution in [3.05, 3.63) is 76.7 Å². The average molecular weight is 422 g/mol. The fraction of sp³-hybridized carbons (Fsp3) is 0.292. The van der Waals surface area contributed by atoms with E-state index in [1.165, 1.54) is 7.11 Å². The first kappa shape index (κ1) is 22.1. The summed E-state index contributed by atoms with van der Waals surface area (Å²) in [6.07, 6.45) is -0.564. The molecular weight excluding hydrogens is 396 g/mol. The van der Waals surface area contributed by atoms with Gasteiger partial charge >= 0.3 is 5.97 Å². The Morgan fingerprint density at radius 3 is 2.48 bits per heavy atom. The highest BCUT2D eigenvalue weighted by molar-refractivity contribution is 5.97. The van der Waals surface area contributed by atoms with E-state index < -0.39 is 18.0 Å². The second-order valence-electron chi connectivity index (χ2n) is 7.28. The summed E-state index contributed by atoms with van der Waals surface area (Å²) in [5.41, 5.74) is 3.68. The zero-order valence-electron chi connectivity index (χ0n) is 18.1. The van der Waals surface area contributed by atoms with Crippen LogP contribution in [0, 0.1) is 20.8 Å². The van der Waals surface area contributed by atoms with Crippen LogP contribution >= 0.6 is 0 Å². The second kappa shape index (κ2) is 9.93. The Morgan fingerprint density at radius 1 is 1.10 bits per heavy atom. The largest absolute Gasteiger partial charge is 0.495 e. The van der Waals surface area contributed by atoms with Crippen LogP contribution in [-0.4, -0.2) is 24.1 Å². The fourth-order valence-electron chi connectivity index (χ4n) is 3.29. The summed E-state index contributed by atoms with van der Waals surface area (Å²) in [4.78, 5) is 25.7. The number of ether oxygens (including phenoxy) is 2. The number of rotatable bonds is 8. The second-order valence-corrected chi connectivity index (χ2v) is 7.28. The van der Waals surface area contributed by atoms with Crippen molar-refractivity contribution in [1.29, 1.82) is 0 Å². The highest BCUT2D eigenvalue weighted by Gasteiger charge is 2.26. The standard InChI is InChI=1S/C24H26N2O5/c1-15-10-12-21(29-4)20(14-15)25-24(28)23(18-8-6-5-7-9-18)30-22(27)13-11-19-16(2)26-31-17(19)3/h5-10,12,14,23H,11,13H2,1-4H3,(H,25,28)/t23-/m1/s1. The molecule has 0 aliphatic rings. The minimum absolute atomic E-state index is 0.104. The van der Waals surface area contributed by atoms with E-state index in [0.717, 1.165) is 16.8 Å². The Hall–Kier alpha value is -3.61. The van der Waals surface area contributed by atoms with Gasteiger partial charge in [0.15, 0.2) is 0 Å². The lowest BCUT2D eigenvalue weighted by molar-refractivity contribution is -0.154. The van der Waals surface area contributed by atoms with Crippen LogP contribution in [0.25, 0.3) is 0 Å². The van der Waals surface area contributed by atoms with E-state index in [1.807, 2.05) is 26.0 Å². The van der Waals surface area contributed by atoms with Crippen LogP contribution < -0.4 is 10.1 Å². The summed E-state index contributed by atoms with van der Waals surface area (Å²) in [6, 6.07) is 14.4. The van der Waals surface area contributed by atoms with Crippen molar-refractivity contribution in [3.8, 4) is 5.75 Å². The van der Waals surface area contributed by atoms with Crippen molar-refractivity contribution in [2.45, 2.75) is 39.7 Å². The Bertz CT molecular complexity index is 1040. The smallest absolute Gasteiger partial charge is 0.307 e. The number of carbonyl (C=O) groups is 2. The van der Waals surface area contributed by atoms with Crippen LogP contribution in [0.5, 0.6) is 5.75 Å². The number of benzene rings is 2. The quantitative estimate of drug-likeness (QED) is 0.539. The van der Waals surface area contributed by atoms with Gasteiger partial charge in [-0.15, -0.1) is 0 Å². The summed E-state index contributed by atoms with van der Waals surface area (Å²) >= 11 is 0. The fourth-order valence-corrected chi connectivity index (χ4v) is 3.29. The van der Waals surface area contributed by atoms with Gasteiger partial charge in [0.2, 0.25) is 6.10 Å². The first-order chi connectivity index (χ1) is 14.9. The van der Waals surface area contributed by atoms with E-state index in [9.17, 15) is 9.59 Å². The van der Waals surface area contributed by atoms with E-state index in [-0.39, 0.29) is 6.42 Å². The predicted molar refractivity (Wildman–Crippen MR) is 116 cm³/mol. The van der Waals surface area contributed by atoms with Gasteiger partial charge < -0.3 is 19.3 Å². The number of hydrogen-bond acceptors (Lipinski definition) is 6. The maximum Gasteiger partial charge on any atom is 0.307 e. The lowest BCUT2D eigenvalue weighted by Crippen LogP contribution is -2.26. The average Bonchev–Trinajstić information content (AvgIpc) is 3.08. The molecule has 0 saturated heterocycles. The van der Waals surface area contributed by atoms with E-state index >= 15 is 0 Å². The van der Waals surface area contributed by atoms with Crippen molar-refractivity contribution < 1.29 is 23.6 Å². The molecule has 1 heterocycles. The monoisotopic (exact) mass is 422 g/mol. The number of aromatic nitrogens is 1. The third kappa shape index (κ3) is 5.51. The molecule has 0 fully saturated rings. The van der Waals surface area contributed by atoms with E-state index in [0.29, 0.717) is 29.2 Å². The van der Waals surface area contributed by atoms with Crippen molar-refractivity contribution in [2.75, 3.05) is 12.4 Å². The van der Waals surface area contributed by atoms with Gasteiger partial charge in [-0.3, -0.25) is 9.59 Å². The number of anilines is 1. The maximum atomic E-state index is 13.1. The van der Waals surface area contributed by atoms with Crippen LogP contribution in [0.2, 0.25) is 0 Å². The number of esters is 1. The SMILES string of the molecule is COc1ccc(C)cc1NC(=O)[C@H](OC(=O)CCc1c(C)noc1C)c1ccccc1. The van der Waals surface area contributed by atoms with Crippen LogP contribution in [-0.2, 0) is 20.7 Å². The van der Waals surface area contributed by atoms with Gasteiger partial charge in [-0.25, -0.2) is 0 Å². The zero-order valence-corrected chi connectivity index (χ0v) is 18.1. The van der Waals surface area contributed by atoms with Crippen LogP contribution in [0.15, 0.2) is 53.1 Å². The normalized spacial score (nSPS) is 11.6. The van der Waals surface area contributed by atoms with Gasteiger partial charge in [-0.2, -0.15) is 0 Å². The van der Waals surface area contributed by atoms with Crippen LogP contribution in [0.1, 0.15) is 40.7 Å². The molecule has 0 radical (unpaired) electrons. The Kier molecular flexibility index (Phi) is 7.07. The van der Waals surface area contributed by atoms with E-state index in [1.54, 1.807) is 43.3 Å². The maximum absolute atomic E-state index is 13.1. The molecule has 2 aromatic carbocycles. The summed E-state index contributed by atoms with van der Waals surface area (Å²) in [5, 5.41) is 6.73. The minimum atomic E-state index is -1.09. The third-order valence-electron chi connectivity index (χ3n) is 4.96. The van der Waals surface area contributed by atoms with Gasteiger partial charge in [0.1, 0.15) is 11.5 Å². The molecular formula is C24H26N2O5. The first-order valence-corrected chi connectivity index (χ1v) is 10.0. The summed E-state index contributed by atoms with van der Waals surface area (Å²) in [6.45, 7) is 5.54. The van der Waals surface area contributed by atoms with Gasteiger partial charge in [0.25, 0.3) is 5.91 Å². The number of carbonyl (C=O) groups excluding carboxylic acids is 2. The highest BCUT2D eigenvalue weighted by atomic mass is 16.5. The molecule has 7 heteroatoms. The van der Waals surface area contributed by atoms with Gasteiger partial charge in [-0.05, 0) is 44.9 Å². The van der Waals surface area contributed by atoms with Gasteiger partial charge in [0.05, 0.1) is 18.5 Å². The molecule has 0 bridgehead atoms. The Labute approximate surface area is 181 Å². The number of amides is 1. The van der Waals surface area contributed by atoms with Crippen LogP contribution in [0.3, 0.4) is 0 Å². The summed E-state index contributed by atoms with van der Waals surface area (Å²) in [5.74, 6) is 0.255. The number of hydrogen-bond donors (Lipinski definition) is 1. The molecule has 0 unspecified atom stereocenters. The first-order valence-electron chi connectivity index (χ1n) is 10.0. The van der Waals surface area contributed by atoms with Crippen LogP contribution in [0.4, 0.5) is 5.69 Å². The third-order valence-corrected chi connectivity index (χ3v) is 4.96. The molecule has 0 spiro atoms. The molecule has 1 aromatic heterocycles. The van der Waals surface area contributed by atoms with Crippen molar-refractivity contribution >= 4 is 17.6 Å². The van der Waals surface area contributed by atoms with Gasteiger partial charge in [0, 0.05) is 17.5 Å². The highest BCUT2D eigenvalue weighted by Crippen LogP contribution is 2.28. The van der Waals surface area contributed by atoms with E-state index in [2.05, 4.69) is 10.5 Å². The summed E-state index contributed by atoms with van der Waals surface area (Å²) in [7, 11) is 1.53. The summed E-state index contributed by atoms with van der Waals surface area (Å²) < 4.78 is 16.1. The molecule has 3 rings (SSSR count). The molecule has 1 atom stereocenters. The number of methoxy groups -OCH3 is 1. The molecule has 0 saturated carbocycles. The molecule has 1 N–H and O–H groups in total. The minimum Gasteiger partial charge on any atom is -0.495 e. The zero-order chi connectivity index (χ0) is 22.4. The molecule has 162 valence electrons. The number of nitrogens with zero attached hydrogens (tertiary/aromatic N) is 1. The van der Waals surface area contributed by atoms with Crippen molar-refractivity contribution in [1.82, 2.24) is 5.16 Å². The molecule has 3 aromatic rings.